The molecule has 1 saturated heterocycles. The van der Waals surface area contributed by atoms with Crippen LogP contribution < -0.4 is 10.6 Å². The molecule has 1 aromatic rings. The van der Waals surface area contributed by atoms with Crippen LogP contribution in [0.2, 0.25) is 0 Å². The SMILES string of the molecule is CC(CSc1ccc(F)cc1)C(=O)NC1CCCNC1.Cl. The molecule has 6 heteroatoms. The van der Waals surface area contributed by atoms with Crippen LogP contribution in [-0.2, 0) is 4.79 Å². The maximum atomic E-state index is 12.8. The first-order valence-corrected chi connectivity index (χ1v) is 8.03. The molecule has 0 spiro atoms. The quantitative estimate of drug-likeness (QED) is 0.815. The van der Waals surface area contributed by atoms with Gasteiger partial charge in [-0.15, -0.1) is 24.2 Å². The van der Waals surface area contributed by atoms with E-state index in [9.17, 15) is 9.18 Å². The lowest BCUT2D eigenvalue weighted by Crippen LogP contribution is -2.47. The Labute approximate surface area is 135 Å². The van der Waals surface area contributed by atoms with Gasteiger partial charge in [-0.3, -0.25) is 4.79 Å². The first kappa shape index (κ1) is 18.3. The van der Waals surface area contributed by atoms with E-state index in [2.05, 4.69) is 10.6 Å². The van der Waals surface area contributed by atoms with E-state index in [4.69, 9.17) is 0 Å². The summed E-state index contributed by atoms with van der Waals surface area (Å²) in [4.78, 5) is 13.1. The van der Waals surface area contributed by atoms with E-state index in [1.165, 1.54) is 12.1 Å². The van der Waals surface area contributed by atoms with Crippen molar-refractivity contribution in [3.63, 3.8) is 0 Å². The standard InChI is InChI=1S/C15H21FN2OS.ClH/c1-11(10-20-14-6-4-12(16)5-7-14)15(19)18-13-3-2-8-17-9-13;/h4-7,11,13,17H,2-3,8-10H2,1H3,(H,18,19);1H. The minimum Gasteiger partial charge on any atom is -0.352 e. The second-order valence-corrected chi connectivity index (χ2v) is 6.31. The predicted molar refractivity (Wildman–Crippen MR) is 87.6 cm³/mol. The van der Waals surface area contributed by atoms with Crippen LogP contribution in [0.1, 0.15) is 19.8 Å². The van der Waals surface area contributed by atoms with E-state index in [0.717, 1.165) is 30.8 Å². The second-order valence-electron chi connectivity index (χ2n) is 5.22. The van der Waals surface area contributed by atoms with Crippen molar-refractivity contribution in [2.45, 2.75) is 30.7 Å². The van der Waals surface area contributed by atoms with Crippen LogP contribution in [0.15, 0.2) is 29.2 Å². The number of rotatable bonds is 5. The molecule has 1 heterocycles. The molecule has 0 radical (unpaired) electrons. The lowest BCUT2D eigenvalue weighted by Gasteiger charge is -2.25. The lowest BCUT2D eigenvalue weighted by molar-refractivity contribution is -0.124. The summed E-state index contributed by atoms with van der Waals surface area (Å²) in [6.07, 6.45) is 2.17. The molecule has 118 valence electrons. The third kappa shape index (κ3) is 6.24. The van der Waals surface area contributed by atoms with E-state index in [-0.39, 0.29) is 36.1 Å². The Morgan fingerprint density at radius 3 is 2.81 bits per heavy atom. The zero-order chi connectivity index (χ0) is 14.4. The normalized spacial score (nSPS) is 19.4. The van der Waals surface area contributed by atoms with Crippen LogP contribution >= 0.6 is 24.2 Å². The van der Waals surface area contributed by atoms with Crippen molar-refractivity contribution >= 4 is 30.1 Å². The fourth-order valence-corrected chi connectivity index (χ4v) is 3.07. The predicted octanol–water partition coefficient (Wildman–Crippen LogP) is 2.84. The first-order valence-electron chi connectivity index (χ1n) is 7.04. The molecular weight excluding hydrogens is 311 g/mol. The highest BCUT2D eigenvalue weighted by atomic mass is 35.5. The van der Waals surface area contributed by atoms with Crippen LogP contribution in [0.5, 0.6) is 0 Å². The van der Waals surface area contributed by atoms with Gasteiger partial charge < -0.3 is 10.6 Å². The molecule has 2 atom stereocenters. The first-order chi connectivity index (χ1) is 9.65. The molecule has 1 fully saturated rings. The average molecular weight is 333 g/mol. The van der Waals surface area contributed by atoms with Crippen molar-refractivity contribution < 1.29 is 9.18 Å². The van der Waals surface area contributed by atoms with Crippen molar-refractivity contribution in [3.8, 4) is 0 Å². The molecule has 1 aliphatic heterocycles. The number of piperidine rings is 1. The minimum absolute atomic E-state index is 0. The van der Waals surface area contributed by atoms with Crippen molar-refractivity contribution in [2.24, 2.45) is 5.92 Å². The smallest absolute Gasteiger partial charge is 0.223 e. The molecule has 1 aromatic carbocycles. The van der Waals surface area contributed by atoms with Gasteiger partial charge in [-0.05, 0) is 43.7 Å². The van der Waals surface area contributed by atoms with Crippen molar-refractivity contribution in [3.05, 3.63) is 30.1 Å². The Balaban J connectivity index is 0.00000220. The maximum absolute atomic E-state index is 12.8. The van der Waals surface area contributed by atoms with Crippen LogP contribution in [0.25, 0.3) is 0 Å². The van der Waals surface area contributed by atoms with Crippen LogP contribution in [-0.4, -0.2) is 30.8 Å². The van der Waals surface area contributed by atoms with E-state index in [1.807, 2.05) is 6.92 Å². The third-order valence-electron chi connectivity index (χ3n) is 3.40. The molecule has 2 unspecified atom stereocenters. The van der Waals surface area contributed by atoms with Gasteiger partial charge in [0.15, 0.2) is 0 Å². The third-order valence-corrected chi connectivity index (χ3v) is 4.68. The van der Waals surface area contributed by atoms with E-state index < -0.39 is 0 Å². The number of benzene rings is 1. The Morgan fingerprint density at radius 1 is 1.48 bits per heavy atom. The van der Waals surface area contributed by atoms with Crippen LogP contribution in [0.3, 0.4) is 0 Å². The van der Waals surface area contributed by atoms with Crippen LogP contribution in [0, 0.1) is 11.7 Å². The molecule has 1 amide bonds. The highest BCUT2D eigenvalue weighted by Crippen LogP contribution is 2.21. The number of carbonyl (C=O) groups excluding carboxylic acids is 1. The number of hydrogen-bond acceptors (Lipinski definition) is 3. The molecule has 0 saturated carbocycles. The summed E-state index contributed by atoms with van der Waals surface area (Å²) in [6, 6.07) is 6.64. The molecular formula is C15H22ClFN2OS. The van der Waals surface area contributed by atoms with Crippen LogP contribution in [0.4, 0.5) is 4.39 Å². The number of thioether (sulfide) groups is 1. The molecule has 2 N–H and O–H groups in total. The van der Waals surface area contributed by atoms with Crippen molar-refractivity contribution in [2.75, 3.05) is 18.8 Å². The summed E-state index contributed by atoms with van der Waals surface area (Å²) in [5.74, 6) is 0.530. The van der Waals surface area contributed by atoms with Gasteiger partial charge >= 0.3 is 0 Å². The second kappa shape index (κ2) is 9.28. The van der Waals surface area contributed by atoms with Gasteiger partial charge in [-0.2, -0.15) is 0 Å². The Morgan fingerprint density at radius 2 is 2.19 bits per heavy atom. The topological polar surface area (TPSA) is 41.1 Å². The Hall–Kier alpha value is -0.780. The monoisotopic (exact) mass is 332 g/mol. The summed E-state index contributed by atoms with van der Waals surface area (Å²) in [5.41, 5.74) is 0. The number of nitrogens with one attached hydrogen (secondary N) is 2. The Kier molecular flexibility index (Phi) is 8.07. The summed E-state index contributed by atoms with van der Waals surface area (Å²) in [7, 11) is 0. The van der Waals surface area contributed by atoms with Gasteiger partial charge in [-0.1, -0.05) is 6.92 Å². The van der Waals surface area contributed by atoms with Crippen molar-refractivity contribution in [1.82, 2.24) is 10.6 Å². The number of carbonyl (C=O) groups is 1. The summed E-state index contributed by atoms with van der Waals surface area (Å²) < 4.78 is 12.8. The minimum atomic E-state index is -0.232. The molecule has 0 bridgehead atoms. The molecule has 21 heavy (non-hydrogen) atoms. The number of halogens is 2. The van der Waals surface area contributed by atoms with Gasteiger partial charge in [0.2, 0.25) is 5.91 Å². The van der Waals surface area contributed by atoms with Gasteiger partial charge in [0.05, 0.1) is 0 Å². The van der Waals surface area contributed by atoms with Gasteiger partial charge in [0.1, 0.15) is 5.82 Å². The maximum Gasteiger partial charge on any atom is 0.223 e. The Bertz CT molecular complexity index is 438. The number of amides is 1. The number of hydrogen-bond donors (Lipinski definition) is 2. The average Bonchev–Trinajstić information content (AvgIpc) is 2.47. The van der Waals surface area contributed by atoms with Crippen molar-refractivity contribution in [1.29, 1.82) is 0 Å². The molecule has 1 aliphatic rings. The summed E-state index contributed by atoms with van der Waals surface area (Å²) in [5, 5.41) is 6.38. The zero-order valence-electron chi connectivity index (χ0n) is 12.1. The van der Waals surface area contributed by atoms with Gasteiger partial charge in [-0.25, -0.2) is 4.39 Å². The summed E-state index contributed by atoms with van der Waals surface area (Å²) >= 11 is 1.58. The zero-order valence-corrected chi connectivity index (χ0v) is 13.7. The fraction of sp³-hybridized carbons (Fsp3) is 0.533. The highest BCUT2D eigenvalue weighted by Gasteiger charge is 2.19. The lowest BCUT2D eigenvalue weighted by atomic mass is 10.1. The van der Waals surface area contributed by atoms with E-state index >= 15 is 0 Å². The molecule has 3 nitrogen and oxygen atoms in total. The van der Waals surface area contributed by atoms with E-state index in [1.54, 1.807) is 23.9 Å². The van der Waals surface area contributed by atoms with Gasteiger partial charge in [0.25, 0.3) is 0 Å². The van der Waals surface area contributed by atoms with E-state index in [0.29, 0.717) is 5.75 Å². The largest absolute Gasteiger partial charge is 0.352 e. The molecule has 2 rings (SSSR count). The summed E-state index contributed by atoms with van der Waals surface area (Å²) in [6.45, 7) is 3.84. The fourth-order valence-electron chi connectivity index (χ4n) is 2.15. The highest BCUT2D eigenvalue weighted by molar-refractivity contribution is 7.99. The molecule has 0 aliphatic carbocycles. The van der Waals surface area contributed by atoms with Gasteiger partial charge in [0, 0.05) is 29.2 Å². The molecule has 0 aromatic heterocycles.